The molecule has 118 valence electrons. The second-order valence-electron chi connectivity index (χ2n) is 4.39. The zero-order valence-corrected chi connectivity index (χ0v) is 12.6. The van der Waals surface area contributed by atoms with Crippen LogP contribution in [0.1, 0.15) is 20.7 Å². The summed E-state index contributed by atoms with van der Waals surface area (Å²) in [5.74, 6) is -1.11. The molecule has 2 aromatic rings. The number of hydrogen-bond donors (Lipinski definition) is 1. The molecule has 23 heavy (non-hydrogen) atoms. The molecule has 0 aliphatic carbocycles. The number of benzene rings is 2. The Hall–Kier alpha value is -3.22. The van der Waals surface area contributed by atoms with Crippen molar-refractivity contribution >= 4 is 23.3 Å². The predicted octanol–water partition coefficient (Wildman–Crippen LogP) is 3.37. The number of ether oxygens (including phenoxy) is 2. The van der Waals surface area contributed by atoms with Crippen LogP contribution in [0.15, 0.2) is 58.9 Å². The number of rotatable bonds is 5. The van der Waals surface area contributed by atoms with E-state index in [0.29, 0.717) is 0 Å². The highest BCUT2D eigenvalue weighted by Crippen LogP contribution is 2.23. The lowest BCUT2D eigenvalue weighted by atomic mass is 10.1. The summed E-state index contributed by atoms with van der Waals surface area (Å²) in [6.45, 7) is 0. The number of nitrogens with zero attached hydrogens (tertiary/aromatic N) is 2. The molecule has 0 saturated carbocycles. The number of esters is 2. The van der Waals surface area contributed by atoms with Crippen LogP contribution in [0.5, 0.6) is 0 Å². The average molecular weight is 313 g/mol. The number of methoxy groups -OCH3 is 2. The van der Waals surface area contributed by atoms with E-state index in [4.69, 9.17) is 4.74 Å². The Morgan fingerprint density at radius 2 is 1.65 bits per heavy atom. The summed E-state index contributed by atoms with van der Waals surface area (Å²) >= 11 is 0. The third kappa shape index (κ3) is 4.13. The third-order valence-corrected chi connectivity index (χ3v) is 2.93. The summed E-state index contributed by atoms with van der Waals surface area (Å²) in [7, 11) is 2.54. The first-order chi connectivity index (χ1) is 11.2. The van der Waals surface area contributed by atoms with Crippen LogP contribution in [-0.2, 0) is 9.47 Å². The summed E-state index contributed by atoms with van der Waals surface area (Å²) in [5, 5.41) is 7.78. The fourth-order valence-electron chi connectivity index (χ4n) is 1.79. The van der Waals surface area contributed by atoms with E-state index in [1.54, 1.807) is 0 Å². The zero-order valence-electron chi connectivity index (χ0n) is 12.6. The molecule has 0 atom stereocenters. The minimum absolute atomic E-state index is 0.193. The maximum atomic E-state index is 11.8. The molecule has 0 aromatic heterocycles. The minimum atomic E-state index is -0.574. The van der Waals surface area contributed by atoms with Crippen LogP contribution in [0.3, 0.4) is 0 Å². The molecular formula is C16H15N3O4. The van der Waals surface area contributed by atoms with Crippen molar-refractivity contribution in [3.05, 3.63) is 59.7 Å². The van der Waals surface area contributed by atoms with Crippen LogP contribution in [0.2, 0.25) is 0 Å². The number of hydrogen-bond acceptors (Lipinski definition) is 6. The Bertz CT molecular complexity index is 729. The summed E-state index contributed by atoms with van der Waals surface area (Å²) in [4.78, 5) is 23.3. The fourth-order valence-corrected chi connectivity index (χ4v) is 1.79. The van der Waals surface area contributed by atoms with Crippen molar-refractivity contribution in [3.8, 4) is 0 Å². The molecule has 2 aromatic carbocycles. The van der Waals surface area contributed by atoms with Gasteiger partial charge in [-0.05, 0) is 30.3 Å². The van der Waals surface area contributed by atoms with Crippen molar-refractivity contribution in [1.29, 1.82) is 0 Å². The monoisotopic (exact) mass is 313 g/mol. The maximum absolute atomic E-state index is 11.8. The van der Waals surface area contributed by atoms with E-state index in [1.807, 2.05) is 30.3 Å². The highest BCUT2D eigenvalue weighted by Gasteiger charge is 2.15. The Morgan fingerprint density at radius 1 is 0.957 bits per heavy atom. The van der Waals surface area contributed by atoms with Crippen molar-refractivity contribution in [2.24, 2.45) is 10.3 Å². The van der Waals surface area contributed by atoms with Crippen LogP contribution < -0.4 is 5.43 Å². The van der Waals surface area contributed by atoms with Crippen LogP contribution in [0.25, 0.3) is 0 Å². The topological polar surface area (TPSA) is 89.4 Å². The summed E-state index contributed by atoms with van der Waals surface area (Å²) < 4.78 is 9.34. The van der Waals surface area contributed by atoms with Crippen LogP contribution >= 0.6 is 0 Å². The second kappa shape index (κ2) is 7.69. The van der Waals surface area contributed by atoms with Crippen molar-refractivity contribution in [3.63, 3.8) is 0 Å². The van der Waals surface area contributed by atoms with Gasteiger partial charge in [-0.1, -0.05) is 23.4 Å². The van der Waals surface area contributed by atoms with Crippen molar-refractivity contribution in [1.82, 2.24) is 0 Å². The lowest BCUT2D eigenvalue weighted by Crippen LogP contribution is -2.05. The molecule has 0 heterocycles. The fraction of sp³-hybridized carbons (Fsp3) is 0.125. The predicted molar refractivity (Wildman–Crippen MR) is 83.7 cm³/mol. The van der Waals surface area contributed by atoms with Gasteiger partial charge in [0, 0.05) is 0 Å². The molecule has 0 aliphatic heterocycles. The van der Waals surface area contributed by atoms with Gasteiger partial charge >= 0.3 is 11.9 Å². The van der Waals surface area contributed by atoms with Crippen LogP contribution in [0, 0.1) is 0 Å². The number of anilines is 1. The lowest BCUT2D eigenvalue weighted by molar-refractivity contribution is 0.0587. The van der Waals surface area contributed by atoms with Crippen molar-refractivity contribution in [2.75, 3.05) is 19.6 Å². The summed E-state index contributed by atoms with van der Waals surface area (Å²) in [5.41, 5.74) is 4.11. The molecule has 1 N–H and O–H groups in total. The third-order valence-electron chi connectivity index (χ3n) is 2.93. The Kier molecular flexibility index (Phi) is 5.40. The van der Waals surface area contributed by atoms with E-state index in [2.05, 4.69) is 20.5 Å². The molecule has 0 fully saturated rings. The van der Waals surface area contributed by atoms with Gasteiger partial charge in [-0.3, -0.25) is 5.43 Å². The molecule has 0 aliphatic rings. The average Bonchev–Trinajstić information content (AvgIpc) is 2.61. The number of carbonyl (C=O) groups is 2. The number of nitrogens with one attached hydrogen (secondary N) is 1. The van der Waals surface area contributed by atoms with Gasteiger partial charge in [0.2, 0.25) is 0 Å². The van der Waals surface area contributed by atoms with Gasteiger partial charge in [-0.25, -0.2) is 9.59 Å². The lowest BCUT2D eigenvalue weighted by Gasteiger charge is -2.05. The number of carbonyl (C=O) groups excluding carboxylic acids is 2. The molecule has 0 amide bonds. The molecule has 0 spiro atoms. The first-order valence-corrected chi connectivity index (χ1v) is 6.68. The van der Waals surface area contributed by atoms with Gasteiger partial charge in [0.15, 0.2) is 0 Å². The Morgan fingerprint density at radius 3 is 2.30 bits per heavy atom. The Balaban J connectivity index is 2.29. The SMILES string of the molecule is COC(=O)c1ccc(C(=O)OC)c(N=NNc2ccccc2)c1. The standard InChI is InChI=1S/C16H15N3O4/c1-22-15(20)11-8-9-13(16(21)23-2)14(10-11)18-19-17-12-6-4-3-5-7-12/h3-10H,1-2H3,(H,17,18). The van der Waals surface area contributed by atoms with Gasteiger partial charge < -0.3 is 9.47 Å². The zero-order chi connectivity index (χ0) is 16.7. The van der Waals surface area contributed by atoms with Crippen LogP contribution in [-0.4, -0.2) is 26.2 Å². The first kappa shape index (κ1) is 16.2. The molecule has 0 unspecified atom stereocenters. The normalized spacial score (nSPS) is 10.3. The largest absolute Gasteiger partial charge is 0.465 e. The smallest absolute Gasteiger partial charge is 0.340 e. The van der Waals surface area contributed by atoms with E-state index >= 15 is 0 Å². The molecular weight excluding hydrogens is 298 g/mol. The second-order valence-corrected chi connectivity index (χ2v) is 4.39. The van der Waals surface area contributed by atoms with E-state index in [9.17, 15) is 9.59 Å². The van der Waals surface area contributed by atoms with E-state index in [-0.39, 0.29) is 16.8 Å². The molecule has 0 bridgehead atoms. The van der Waals surface area contributed by atoms with Crippen molar-refractivity contribution < 1.29 is 19.1 Å². The van der Waals surface area contributed by atoms with E-state index < -0.39 is 11.9 Å². The van der Waals surface area contributed by atoms with Gasteiger partial charge in [0.1, 0.15) is 5.69 Å². The minimum Gasteiger partial charge on any atom is -0.465 e. The van der Waals surface area contributed by atoms with Gasteiger partial charge in [0.05, 0.1) is 31.0 Å². The summed E-state index contributed by atoms with van der Waals surface area (Å²) in [6, 6.07) is 13.5. The maximum Gasteiger partial charge on any atom is 0.340 e. The Labute approximate surface area is 132 Å². The highest BCUT2D eigenvalue weighted by molar-refractivity contribution is 5.98. The molecule has 0 radical (unpaired) electrons. The first-order valence-electron chi connectivity index (χ1n) is 6.68. The quantitative estimate of drug-likeness (QED) is 0.519. The van der Waals surface area contributed by atoms with Gasteiger partial charge in [-0.15, -0.1) is 5.11 Å². The molecule has 2 rings (SSSR count). The van der Waals surface area contributed by atoms with Crippen LogP contribution in [0.4, 0.5) is 11.4 Å². The molecule has 7 heteroatoms. The number of para-hydroxylation sites is 1. The molecule has 0 saturated heterocycles. The van der Waals surface area contributed by atoms with Gasteiger partial charge in [0.25, 0.3) is 0 Å². The van der Waals surface area contributed by atoms with Crippen molar-refractivity contribution in [2.45, 2.75) is 0 Å². The van der Waals surface area contributed by atoms with Gasteiger partial charge in [-0.2, -0.15) is 0 Å². The van der Waals surface area contributed by atoms with E-state index in [1.165, 1.54) is 32.4 Å². The van der Waals surface area contributed by atoms with E-state index in [0.717, 1.165) is 5.69 Å². The molecule has 7 nitrogen and oxygen atoms in total. The summed E-state index contributed by atoms with van der Waals surface area (Å²) in [6.07, 6.45) is 0. The highest BCUT2D eigenvalue weighted by atomic mass is 16.5.